The maximum absolute atomic E-state index is 12.0. The maximum Gasteiger partial charge on any atom is 0.275 e. The van der Waals surface area contributed by atoms with E-state index in [-0.39, 0.29) is 12.3 Å². The number of rotatable bonds is 3. The van der Waals surface area contributed by atoms with E-state index in [1.54, 1.807) is 29.0 Å². The Morgan fingerprint density at radius 1 is 1.18 bits per heavy atom. The number of carbonyl (C=O) groups is 1. The quantitative estimate of drug-likeness (QED) is 0.484. The lowest BCUT2D eigenvalue weighted by molar-refractivity contribution is -0.681. The van der Waals surface area contributed by atoms with Crippen molar-refractivity contribution in [2.75, 3.05) is 0 Å². The van der Waals surface area contributed by atoms with Gasteiger partial charge >= 0.3 is 0 Å². The van der Waals surface area contributed by atoms with Crippen LogP contribution in [0, 0.1) is 0 Å². The molecule has 1 heterocycles. The fourth-order valence-electron chi connectivity index (χ4n) is 1.47. The van der Waals surface area contributed by atoms with Crippen LogP contribution in [0.3, 0.4) is 0 Å². The topological polar surface area (TPSA) is 20.9 Å². The zero-order valence-electron chi connectivity index (χ0n) is 8.94. The Kier molecular flexibility index (Phi) is 3.92. The summed E-state index contributed by atoms with van der Waals surface area (Å²) >= 11 is 9.32. The lowest BCUT2D eigenvalue weighted by Crippen LogP contribution is -2.38. The number of benzene rings is 1. The van der Waals surface area contributed by atoms with Crippen molar-refractivity contribution in [2.45, 2.75) is 6.54 Å². The molecular weight excluding hydrogens is 302 g/mol. The van der Waals surface area contributed by atoms with E-state index in [9.17, 15) is 4.79 Å². The summed E-state index contributed by atoms with van der Waals surface area (Å²) in [6, 6.07) is 12.7. The average molecular weight is 312 g/mol. The van der Waals surface area contributed by atoms with Crippen molar-refractivity contribution < 1.29 is 9.36 Å². The van der Waals surface area contributed by atoms with E-state index in [0.29, 0.717) is 10.7 Å². The predicted octanol–water partition coefficient (Wildman–Crippen LogP) is 3.27. The van der Waals surface area contributed by atoms with Gasteiger partial charge in [-0.25, -0.2) is 0 Å². The Hall–Kier alpha value is -1.19. The molecule has 2 aromatic rings. The van der Waals surface area contributed by atoms with Crippen molar-refractivity contribution in [3.05, 3.63) is 63.9 Å². The molecule has 0 aliphatic carbocycles. The minimum Gasteiger partial charge on any atom is -0.287 e. The number of halogens is 2. The number of carbonyl (C=O) groups excluding carboxylic acids is 1. The molecule has 0 aliphatic heterocycles. The second kappa shape index (κ2) is 5.43. The summed E-state index contributed by atoms with van der Waals surface area (Å²) < 4.78 is 2.67. The highest BCUT2D eigenvalue weighted by Gasteiger charge is 2.14. The Morgan fingerprint density at radius 3 is 2.53 bits per heavy atom. The van der Waals surface area contributed by atoms with Gasteiger partial charge in [0.05, 0.1) is 0 Å². The van der Waals surface area contributed by atoms with Gasteiger partial charge in [-0.05, 0) is 29.8 Å². The average Bonchev–Trinajstić information content (AvgIpc) is 2.33. The van der Waals surface area contributed by atoms with Gasteiger partial charge in [0.25, 0.3) is 5.15 Å². The van der Waals surface area contributed by atoms with Crippen LogP contribution in [0.2, 0.25) is 5.15 Å². The molecule has 0 fully saturated rings. The van der Waals surface area contributed by atoms with Crippen molar-refractivity contribution in [1.29, 1.82) is 0 Å². The SMILES string of the molecule is O=C(C[n+]1ccccc1Cl)c1ccc(Br)cc1. The van der Waals surface area contributed by atoms with Crippen molar-refractivity contribution in [3.8, 4) is 0 Å². The van der Waals surface area contributed by atoms with Crippen LogP contribution in [0.1, 0.15) is 10.4 Å². The first-order chi connectivity index (χ1) is 8.16. The molecule has 86 valence electrons. The smallest absolute Gasteiger partial charge is 0.275 e. The van der Waals surface area contributed by atoms with Gasteiger partial charge < -0.3 is 0 Å². The fraction of sp³-hybridized carbons (Fsp3) is 0.0769. The summed E-state index contributed by atoms with van der Waals surface area (Å²) in [4.78, 5) is 12.0. The molecular formula is C13H10BrClNO+. The summed E-state index contributed by atoms with van der Waals surface area (Å²) in [6.07, 6.45) is 1.79. The highest BCUT2D eigenvalue weighted by atomic mass is 79.9. The molecule has 0 atom stereocenters. The van der Waals surface area contributed by atoms with Crippen LogP contribution in [-0.2, 0) is 6.54 Å². The van der Waals surface area contributed by atoms with Crippen LogP contribution in [-0.4, -0.2) is 5.78 Å². The Balaban J connectivity index is 2.17. The fourth-order valence-corrected chi connectivity index (χ4v) is 1.92. The maximum atomic E-state index is 12.0. The minimum absolute atomic E-state index is 0.0376. The van der Waals surface area contributed by atoms with Crippen LogP contribution in [0.15, 0.2) is 53.1 Å². The molecule has 4 heteroatoms. The normalized spacial score (nSPS) is 10.2. The van der Waals surface area contributed by atoms with Crippen molar-refractivity contribution in [2.24, 2.45) is 0 Å². The van der Waals surface area contributed by atoms with E-state index in [4.69, 9.17) is 11.6 Å². The highest BCUT2D eigenvalue weighted by Crippen LogP contribution is 2.11. The van der Waals surface area contributed by atoms with Crippen LogP contribution in [0.5, 0.6) is 0 Å². The Morgan fingerprint density at radius 2 is 1.88 bits per heavy atom. The molecule has 0 unspecified atom stereocenters. The minimum atomic E-state index is 0.0376. The summed E-state index contributed by atoms with van der Waals surface area (Å²) in [5, 5.41) is 0.554. The summed E-state index contributed by atoms with van der Waals surface area (Å²) in [5.74, 6) is 0.0376. The number of ketones is 1. The van der Waals surface area contributed by atoms with Gasteiger partial charge in [-0.15, -0.1) is 0 Å². The summed E-state index contributed by atoms with van der Waals surface area (Å²) in [6.45, 7) is 0.251. The van der Waals surface area contributed by atoms with E-state index in [2.05, 4.69) is 15.9 Å². The van der Waals surface area contributed by atoms with E-state index in [1.807, 2.05) is 24.3 Å². The highest BCUT2D eigenvalue weighted by molar-refractivity contribution is 9.10. The lowest BCUT2D eigenvalue weighted by Gasteiger charge is -1.99. The molecule has 1 aromatic carbocycles. The second-order valence-electron chi connectivity index (χ2n) is 3.58. The van der Waals surface area contributed by atoms with Gasteiger partial charge in [0.1, 0.15) is 0 Å². The Bertz CT molecular complexity index is 539. The molecule has 2 nitrogen and oxygen atoms in total. The zero-order chi connectivity index (χ0) is 12.3. The predicted molar refractivity (Wildman–Crippen MR) is 70.1 cm³/mol. The van der Waals surface area contributed by atoms with Gasteiger partial charge in [-0.1, -0.05) is 28.1 Å². The monoisotopic (exact) mass is 310 g/mol. The standard InChI is InChI=1S/C13H10BrClNO/c14-11-6-4-10(5-7-11)12(17)9-16-8-2-1-3-13(16)15/h1-8H,9H2/q+1. The van der Waals surface area contributed by atoms with E-state index in [0.717, 1.165) is 4.47 Å². The van der Waals surface area contributed by atoms with Crippen LogP contribution in [0.25, 0.3) is 0 Å². The first-order valence-corrected chi connectivity index (χ1v) is 6.26. The number of aromatic nitrogens is 1. The molecule has 0 saturated heterocycles. The van der Waals surface area contributed by atoms with E-state index < -0.39 is 0 Å². The van der Waals surface area contributed by atoms with E-state index in [1.165, 1.54) is 0 Å². The number of pyridine rings is 1. The number of nitrogens with zero attached hydrogens (tertiary/aromatic N) is 1. The largest absolute Gasteiger partial charge is 0.287 e. The van der Waals surface area contributed by atoms with Gasteiger partial charge in [0.2, 0.25) is 12.3 Å². The molecule has 0 radical (unpaired) electrons. The number of Topliss-reactive ketones (excluding diaryl/α,β-unsaturated/α-hetero) is 1. The first-order valence-electron chi connectivity index (χ1n) is 5.09. The third-order valence-corrected chi connectivity index (χ3v) is 3.24. The second-order valence-corrected chi connectivity index (χ2v) is 4.88. The third-order valence-electron chi connectivity index (χ3n) is 2.37. The summed E-state index contributed by atoms with van der Waals surface area (Å²) in [5.41, 5.74) is 0.681. The van der Waals surface area contributed by atoms with Gasteiger partial charge in [0, 0.05) is 22.2 Å². The molecule has 17 heavy (non-hydrogen) atoms. The van der Waals surface area contributed by atoms with Gasteiger partial charge in [-0.3, -0.25) is 4.79 Å². The lowest BCUT2D eigenvalue weighted by atomic mass is 10.1. The molecule has 0 saturated carbocycles. The number of hydrogen-bond acceptors (Lipinski definition) is 1. The number of hydrogen-bond donors (Lipinski definition) is 0. The zero-order valence-corrected chi connectivity index (χ0v) is 11.3. The summed E-state index contributed by atoms with van der Waals surface area (Å²) in [7, 11) is 0. The van der Waals surface area contributed by atoms with Gasteiger partial charge in [-0.2, -0.15) is 4.57 Å². The van der Waals surface area contributed by atoms with Crippen LogP contribution < -0.4 is 4.57 Å². The van der Waals surface area contributed by atoms with Crippen molar-refractivity contribution in [1.82, 2.24) is 0 Å². The first kappa shape index (κ1) is 12.3. The molecule has 0 aliphatic rings. The van der Waals surface area contributed by atoms with Crippen LogP contribution in [0.4, 0.5) is 0 Å². The van der Waals surface area contributed by atoms with Crippen molar-refractivity contribution in [3.63, 3.8) is 0 Å². The molecule has 0 N–H and O–H groups in total. The van der Waals surface area contributed by atoms with Gasteiger partial charge in [0.15, 0.2) is 6.20 Å². The van der Waals surface area contributed by atoms with Crippen molar-refractivity contribution >= 4 is 33.3 Å². The molecule has 2 rings (SSSR count). The molecule has 0 amide bonds. The Labute approximate surface area is 113 Å². The molecule has 0 bridgehead atoms. The molecule has 0 spiro atoms. The van der Waals surface area contributed by atoms with Crippen LogP contribution >= 0.6 is 27.5 Å². The third kappa shape index (κ3) is 3.14. The van der Waals surface area contributed by atoms with E-state index >= 15 is 0 Å². The molecule has 1 aromatic heterocycles.